The van der Waals surface area contributed by atoms with Crippen molar-refractivity contribution in [3.8, 4) is 5.75 Å². The molecular formula is C17H17BrO5. The molecule has 1 aromatic rings. The standard InChI is InChI=1S/C17H17BrO5/c1-22-12-4-3-10(18)14-9-5-8(7-13(20)23-2)6-11(19)15(9)17(21)16(12)14/h3-4,8-9,15H,5-7H2,1-2H3. The molecule has 0 aliphatic heterocycles. The summed E-state index contributed by atoms with van der Waals surface area (Å²) >= 11 is 3.49. The van der Waals surface area contributed by atoms with Gasteiger partial charge in [-0.1, -0.05) is 15.9 Å². The van der Waals surface area contributed by atoms with Gasteiger partial charge in [0, 0.05) is 23.2 Å². The third kappa shape index (κ3) is 2.59. The number of hydrogen-bond donors (Lipinski definition) is 0. The van der Waals surface area contributed by atoms with Gasteiger partial charge in [-0.05, 0) is 30.0 Å². The van der Waals surface area contributed by atoms with Gasteiger partial charge in [-0.25, -0.2) is 0 Å². The van der Waals surface area contributed by atoms with E-state index in [4.69, 9.17) is 9.47 Å². The maximum atomic E-state index is 12.7. The topological polar surface area (TPSA) is 69.7 Å². The third-order valence-corrected chi connectivity index (χ3v) is 5.47. The van der Waals surface area contributed by atoms with Gasteiger partial charge in [0.05, 0.1) is 25.7 Å². The zero-order valence-corrected chi connectivity index (χ0v) is 14.5. The van der Waals surface area contributed by atoms with Gasteiger partial charge in [-0.2, -0.15) is 0 Å². The Kier molecular flexibility index (Phi) is 4.27. The van der Waals surface area contributed by atoms with Crippen LogP contribution >= 0.6 is 15.9 Å². The number of methoxy groups -OCH3 is 2. The van der Waals surface area contributed by atoms with Crippen LogP contribution in [0, 0.1) is 11.8 Å². The van der Waals surface area contributed by atoms with Gasteiger partial charge < -0.3 is 9.47 Å². The van der Waals surface area contributed by atoms with Crippen LogP contribution in [0.4, 0.5) is 0 Å². The number of carbonyl (C=O) groups excluding carboxylic acids is 3. The van der Waals surface area contributed by atoms with Crippen molar-refractivity contribution in [3.63, 3.8) is 0 Å². The molecule has 0 amide bonds. The van der Waals surface area contributed by atoms with Crippen molar-refractivity contribution in [2.24, 2.45) is 11.8 Å². The second-order valence-corrected chi connectivity index (χ2v) is 6.89. The molecule has 3 unspecified atom stereocenters. The summed E-state index contributed by atoms with van der Waals surface area (Å²) in [5.74, 6) is -1.01. The number of hydrogen-bond acceptors (Lipinski definition) is 5. The van der Waals surface area contributed by atoms with Gasteiger partial charge >= 0.3 is 5.97 Å². The highest BCUT2D eigenvalue weighted by molar-refractivity contribution is 9.10. The molecule has 5 nitrogen and oxygen atoms in total. The Morgan fingerprint density at radius 2 is 2.04 bits per heavy atom. The molecule has 0 N–H and O–H groups in total. The van der Waals surface area contributed by atoms with Gasteiger partial charge in [-0.15, -0.1) is 0 Å². The summed E-state index contributed by atoms with van der Waals surface area (Å²) in [5.41, 5.74) is 1.34. The highest BCUT2D eigenvalue weighted by Crippen LogP contribution is 2.52. The quantitative estimate of drug-likeness (QED) is 0.595. The summed E-state index contributed by atoms with van der Waals surface area (Å²) in [6, 6.07) is 3.57. The highest BCUT2D eigenvalue weighted by Gasteiger charge is 2.50. The van der Waals surface area contributed by atoms with Crippen molar-refractivity contribution in [1.29, 1.82) is 0 Å². The van der Waals surface area contributed by atoms with Gasteiger partial charge in [0.25, 0.3) is 0 Å². The first-order valence-corrected chi connectivity index (χ1v) is 8.27. The summed E-state index contributed by atoms with van der Waals surface area (Å²) in [5, 5.41) is 0. The minimum atomic E-state index is -0.647. The lowest BCUT2D eigenvalue weighted by atomic mass is 9.72. The number of ketones is 2. The van der Waals surface area contributed by atoms with Crippen molar-refractivity contribution in [3.05, 3.63) is 27.7 Å². The number of fused-ring (bicyclic) bond motifs is 3. The number of halogens is 1. The first-order valence-electron chi connectivity index (χ1n) is 7.48. The fourth-order valence-electron chi connectivity index (χ4n) is 3.82. The van der Waals surface area contributed by atoms with E-state index in [1.807, 2.05) is 6.07 Å². The molecule has 0 aromatic heterocycles. The normalized spacial score (nSPS) is 25.8. The molecule has 1 fully saturated rings. The van der Waals surface area contributed by atoms with Crippen LogP contribution in [0.1, 0.15) is 41.1 Å². The third-order valence-electron chi connectivity index (χ3n) is 4.78. The van der Waals surface area contributed by atoms with Crippen molar-refractivity contribution in [2.45, 2.75) is 25.2 Å². The Balaban J connectivity index is 2.00. The molecular weight excluding hydrogens is 364 g/mol. The average Bonchev–Trinajstić information content (AvgIpc) is 2.82. The second-order valence-electron chi connectivity index (χ2n) is 6.04. The Morgan fingerprint density at radius 3 is 2.70 bits per heavy atom. The zero-order chi connectivity index (χ0) is 16.7. The Bertz CT molecular complexity index is 696. The van der Waals surface area contributed by atoms with Crippen molar-refractivity contribution in [1.82, 2.24) is 0 Å². The van der Waals surface area contributed by atoms with Crippen molar-refractivity contribution < 1.29 is 23.9 Å². The molecule has 1 saturated carbocycles. The van der Waals surface area contributed by atoms with Crippen LogP contribution in [0.15, 0.2) is 16.6 Å². The van der Waals surface area contributed by atoms with E-state index in [9.17, 15) is 14.4 Å². The van der Waals surface area contributed by atoms with E-state index in [1.165, 1.54) is 14.2 Å². The predicted molar refractivity (Wildman–Crippen MR) is 85.6 cm³/mol. The summed E-state index contributed by atoms with van der Waals surface area (Å²) in [7, 11) is 2.85. The molecule has 6 heteroatoms. The monoisotopic (exact) mass is 380 g/mol. The Labute approximate surface area is 142 Å². The Morgan fingerprint density at radius 1 is 1.30 bits per heavy atom. The van der Waals surface area contributed by atoms with E-state index in [1.54, 1.807) is 6.07 Å². The van der Waals surface area contributed by atoms with Crippen molar-refractivity contribution >= 4 is 33.5 Å². The molecule has 0 saturated heterocycles. The molecule has 122 valence electrons. The lowest BCUT2D eigenvalue weighted by Gasteiger charge is -2.30. The molecule has 1 aromatic carbocycles. The minimum Gasteiger partial charge on any atom is -0.496 e. The summed E-state index contributed by atoms with van der Waals surface area (Å²) < 4.78 is 10.8. The molecule has 3 atom stereocenters. The highest BCUT2D eigenvalue weighted by atomic mass is 79.9. The molecule has 0 heterocycles. The summed E-state index contributed by atoms with van der Waals surface area (Å²) in [4.78, 5) is 36.8. The lowest BCUT2D eigenvalue weighted by Crippen LogP contribution is -2.33. The molecule has 23 heavy (non-hydrogen) atoms. The molecule has 0 spiro atoms. The zero-order valence-electron chi connectivity index (χ0n) is 12.9. The first-order chi connectivity index (χ1) is 11.0. The summed E-state index contributed by atoms with van der Waals surface area (Å²) in [6.45, 7) is 0. The van der Waals surface area contributed by atoms with Gasteiger partial charge in [0.1, 0.15) is 11.5 Å². The largest absolute Gasteiger partial charge is 0.496 e. The first kappa shape index (κ1) is 16.2. The van der Waals surface area contributed by atoms with Gasteiger partial charge in [0.15, 0.2) is 5.78 Å². The minimum absolute atomic E-state index is 0.0898. The molecule has 2 aliphatic carbocycles. The van der Waals surface area contributed by atoms with Crippen LogP contribution in [0.25, 0.3) is 0 Å². The van der Waals surface area contributed by atoms with Gasteiger partial charge in [0.2, 0.25) is 0 Å². The maximum absolute atomic E-state index is 12.7. The number of ether oxygens (including phenoxy) is 2. The van der Waals surface area contributed by atoms with Crippen LogP contribution in [-0.4, -0.2) is 31.8 Å². The van der Waals surface area contributed by atoms with Crippen LogP contribution in [0.3, 0.4) is 0 Å². The van der Waals surface area contributed by atoms with Crippen molar-refractivity contribution in [2.75, 3.05) is 14.2 Å². The summed E-state index contributed by atoms with van der Waals surface area (Å²) in [6.07, 6.45) is 1.07. The number of rotatable bonds is 3. The number of carbonyl (C=O) groups is 3. The van der Waals surface area contributed by atoms with E-state index in [0.29, 0.717) is 17.7 Å². The molecule has 0 radical (unpaired) electrons. The maximum Gasteiger partial charge on any atom is 0.305 e. The SMILES string of the molecule is COC(=O)CC1CC(=O)C2C(=O)c3c(OC)ccc(Br)c3C2C1. The molecule has 3 rings (SSSR count). The fraction of sp³-hybridized carbons (Fsp3) is 0.471. The lowest BCUT2D eigenvalue weighted by molar-refractivity contribution is -0.142. The smallest absolute Gasteiger partial charge is 0.305 e. The van der Waals surface area contributed by atoms with E-state index in [-0.39, 0.29) is 42.2 Å². The molecule has 0 bridgehead atoms. The van der Waals surface area contributed by atoms with E-state index in [2.05, 4.69) is 15.9 Å². The number of benzene rings is 1. The molecule has 2 aliphatic rings. The van der Waals surface area contributed by atoms with Crippen LogP contribution in [0.2, 0.25) is 0 Å². The number of esters is 1. The van der Waals surface area contributed by atoms with Crippen LogP contribution < -0.4 is 4.74 Å². The average molecular weight is 381 g/mol. The van der Waals surface area contributed by atoms with Crippen LogP contribution in [-0.2, 0) is 14.3 Å². The van der Waals surface area contributed by atoms with Gasteiger partial charge in [-0.3, -0.25) is 14.4 Å². The number of Topliss-reactive ketones (excluding diaryl/α,β-unsaturated/α-hetero) is 2. The fourth-order valence-corrected chi connectivity index (χ4v) is 4.44. The van der Waals surface area contributed by atoms with E-state index >= 15 is 0 Å². The van der Waals surface area contributed by atoms with E-state index < -0.39 is 5.92 Å². The van der Waals surface area contributed by atoms with E-state index in [0.717, 1.165) is 10.0 Å². The van der Waals surface area contributed by atoms with Crippen LogP contribution in [0.5, 0.6) is 5.75 Å². The predicted octanol–water partition coefficient (Wildman–Crippen LogP) is 2.90. The Hall–Kier alpha value is -1.69. The second kappa shape index (κ2) is 6.07.